The fraction of sp³-hybridized carbons (Fsp3) is 0.0833. The second-order valence-corrected chi connectivity index (χ2v) is 8.58. The molecule has 0 saturated heterocycles. The monoisotopic (exact) mass is 546 g/mol. The first-order chi connectivity index (χ1) is 15.9. The minimum absolute atomic E-state index is 0.138. The number of hydrogen-bond acceptors (Lipinski definition) is 5. The summed E-state index contributed by atoms with van der Waals surface area (Å²) >= 11 is 15.5. The van der Waals surface area contributed by atoms with Crippen molar-refractivity contribution in [1.82, 2.24) is 5.43 Å². The molecule has 1 N–H and O–H groups in total. The van der Waals surface area contributed by atoms with Crippen LogP contribution in [0.2, 0.25) is 10.0 Å². The Morgan fingerprint density at radius 3 is 2.70 bits per heavy atom. The molecular weight excluding hydrogens is 531 g/mol. The molecule has 1 aromatic heterocycles. The highest BCUT2D eigenvalue weighted by Crippen LogP contribution is 2.29. The summed E-state index contributed by atoms with van der Waals surface area (Å²) in [6, 6.07) is 17.9. The van der Waals surface area contributed by atoms with Crippen molar-refractivity contribution in [1.29, 1.82) is 0 Å². The fourth-order valence-corrected chi connectivity index (χ4v) is 3.87. The second kappa shape index (κ2) is 10.3. The summed E-state index contributed by atoms with van der Waals surface area (Å²) in [4.78, 5) is 12.4. The van der Waals surface area contributed by atoms with Gasteiger partial charge in [0.2, 0.25) is 0 Å². The Labute approximate surface area is 208 Å². The summed E-state index contributed by atoms with van der Waals surface area (Å²) in [6.45, 7) is 0.335. The van der Waals surface area contributed by atoms with Gasteiger partial charge in [-0.2, -0.15) is 5.10 Å². The zero-order valence-electron chi connectivity index (χ0n) is 17.3. The number of para-hydroxylation sites is 1. The number of nitrogens with one attached hydrogen (secondary N) is 1. The first-order valence-electron chi connectivity index (χ1n) is 9.71. The van der Waals surface area contributed by atoms with E-state index in [0.717, 1.165) is 21.0 Å². The van der Waals surface area contributed by atoms with Crippen LogP contribution in [0.3, 0.4) is 0 Å². The van der Waals surface area contributed by atoms with Gasteiger partial charge in [0.1, 0.15) is 12.4 Å². The minimum Gasteiger partial charge on any atom is -0.493 e. The van der Waals surface area contributed by atoms with E-state index in [1.807, 2.05) is 30.3 Å². The van der Waals surface area contributed by atoms with Gasteiger partial charge < -0.3 is 13.9 Å². The summed E-state index contributed by atoms with van der Waals surface area (Å²) < 4.78 is 17.4. The number of nitrogens with zero attached hydrogens (tertiary/aromatic N) is 1. The van der Waals surface area contributed by atoms with Gasteiger partial charge in [-0.1, -0.05) is 41.4 Å². The number of hydrogen-bond donors (Lipinski definition) is 1. The van der Waals surface area contributed by atoms with E-state index in [1.165, 1.54) is 6.21 Å². The maximum absolute atomic E-state index is 12.4. The summed E-state index contributed by atoms with van der Waals surface area (Å²) in [7, 11) is 1.54. The molecule has 0 bridgehead atoms. The number of amides is 1. The SMILES string of the molecule is COc1cccc2cc(C(=O)N/N=C\c3ccc(OCc4ccc(Cl)c(Cl)c4)c(Br)c3)oc12. The largest absolute Gasteiger partial charge is 0.493 e. The number of carbonyl (C=O) groups is 1. The topological polar surface area (TPSA) is 73.1 Å². The van der Waals surface area contributed by atoms with Crippen LogP contribution >= 0.6 is 39.1 Å². The Balaban J connectivity index is 1.38. The van der Waals surface area contributed by atoms with E-state index in [-0.39, 0.29) is 5.76 Å². The van der Waals surface area contributed by atoms with Crippen molar-refractivity contribution in [2.24, 2.45) is 5.10 Å². The average Bonchev–Trinajstić information content (AvgIpc) is 3.25. The average molecular weight is 548 g/mol. The van der Waals surface area contributed by atoms with Gasteiger partial charge in [0.15, 0.2) is 17.1 Å². The van der Waals surface area contributed by atoms with Crippen LogP contribution in [0, 0.1) is 0 Å². The van der Waals surface area contributed by atoms with E-state index in [2.05, 4.69) is 26.5 Å². The summed E-state index contributed by atoms with van der Waals surface area (Å²) in [5.41, 5.74) is 4.63. The number of carbonyl (C=O) groups excluding carboxylic acids is 1. The summed E-state index contributed by atoms with van der Waals surface area (Å²) in [5.74, 6) is 0.879. The van der Waals surface area contributed by atoms with Crippen LogP contribution in [0.1, 0.15) is 21.7 Å². The highest BCUT2D eigenvalue weighted by Gasteiger charge is 2.14. The number of hydrazone groups is 1. The number of furan rings is 1. The molecule has 4 aromatic rings. The molecule has 6 nitrogen and oxygen atoms in total. The van der Waals surface area contributed by atoms with Gasteiger partial charge in [0, 0.05) is 5.39 Å². The van der Waals surface area contributed by atoms with Crippen molar-refractivity contribution in [2.75, 3.05) is 7.11 Å². The lowest BCUT2D eigenvalue weighted by molar-refractivity contribution is 0.0929. The third-order valence-corrected chi connectivity index (χ3v) is 6.02. The van der Waals surface area contributed by atoms with Crippen molar-refractivity contribution < 1.29 is 18.7 Å². The van der Waals surface area contributed by atoms with Crippen LogP contribution in [0.4, 0.5) is 0 Å². The predicted octanol–water partition coefficient (Wildman–Crippen LogP) is 6.85. The minimum atomic E-state index is -0.467. The fourth-order valence-electron chi connectivity index (χ4n) is 3.03. The van der Waals surface area contributed by atoms with Crippen LogP contribution in [0.25, 0.3) is 11.0 Å². The van der Waals surface area contributed by atoms with Gasteiger partial charge in [-0.3, -0.25) is 4.79 Å². The summed E-state index contributed by atoms with van der Waals surface area (Å²) in [6.07, 6.45) is 1.52. The molecular formula is C24H17BrCl2N2O4. The predicted molar refractivity (Wildman–Crippen MR) is 133 cm³/mol. The summed E-state index contributed by atoms with van der Waals surface area (Å²) in [5, 5.41) is 5.75. The molecule has 0 saturated carbocycles. The molecule has 0 aliphatic rings. The van der Waals surface area contributed by atoms with Gasteiger partial charge in [-0.15, -0.1) is 0 Å². The van der Waals surface area contributed by atoms with E-state index < -0.39 is 5.91 Å². The Hall–Kier alpha value is -3.00. The van der Waals surface area contributed by atoms with Crippen molar-refractivity contribution in [3.63, 3.8) is 0 Å². The molecule has 9 heteroatoms. The number of ether oxygens (including phenoxy) is 2. The third-order valence-electron chi connectivity index (χ3n) is 4.67. The maximum atomic E-state index is 12.4. The van der Waals surface area contributed by atoms with Gasteiger partial charge in [0.25, 0.3) is 0 Å². The molecule has 1 amide bonds. The van der Waals surface area contributed by atoms with Gasteiger partial charge in [-0.05, 0) is 69.5 Å². The van der Waals surface area contributed by atoms with Crippen LogP contribution in [0.5, 0.6) is 11.5 Å². The number of rotatable bonds is 7. The zero-order valence-corrected chi connectivity index (χ0v) is 20.4. The lowest BCUT2D eigenvalue weighted by atomic mass is 10.2. The molecule has 0 aliphatic carbocycles. The molecule has 0 radical (unpaired) electrons. The van der Waals surface area contributed by atoms with Gasteiger partial charge >= 0.3 is 5.91 Å². The molecule has 0 atom stereocenters. The smallest absolute Gasteiger partial charge is 0.307 e. The van der Waals surface area contributed by atoms with E-state index in [4.69, 9.17) is 37.1 Å². The second-order valence-electron chi connectivity index (χ2n) is 6.92. The number of fused-ring (bicyclic) bond motifs is 1. The molecule has 0 aliphatic heterocycles. The lowest BCUT2D eigenvalue weighted by Crippen LogP contribution is -2.16. The Morgan fingerprint density at radius 1 is 1.09 bits per heavy atom. The standard InChI is InChI=1S/C24H17BrCl2N2O4/c1-31-21-4-2-3-16-11-22(33-23(16)21)24(30)29-28-12-14-6-8-20(17(25)9-14)32-13-15-5-7-18(26)19(27)10-15/h2-12H,13H2,1H3,(H,29,30)/b28-12-. The van der Waals surface area contributed by atoms with Gasteiger partial charge in [0.05, 0.1) is 27.8 Å². The highest BCUT2D eigenvalue weighted by atomic mass is 79.9. The molecule has 0 fully saturated rings. The Kier molecular flexibility index (Phi) is 7.23. The molecule has 0 unspecified atom stereocenters. The third kappa shape index (κ3) is 5.50. The normalized spacial score (nSPS) is 11.2. The molecule has 33 heavy (non-hydrogen) atoms. The van der Waals surface area contributed by atoms with Crippen LogP contribution in [-0.2, 0) is 6.61 Å². The van der Waals surface area contributed by atoms with Crippen molar-refractivity contribution in [3.8, 4) is 11.5 Å². The molecule has 3 aromatic carbocycles. The maximum Gasteiger partial charge on any atom is 0.307 e. The number of benzene rings is 3. The van der Waals surface area contributed by atoms with Crippen LogP contribution in [-0.4, -0.2) is 19.2 Å². The van der Waals surface area contributed by atoms with E-state index >= 15 is 0 Å². The van der Waals surface area contributed by atoms with Gasteiger partial charge in [-0.25, -0.2) is 5.43 Å². The highest BCUT2D eigenvalue weighted by molar-refractivity contribution is 9.10. The van der Waals surface area contributed by atoms with Crippen molar-refractivity contribution in [2.45, 2.75) is 6.61 Å². The van der Waals surface area contributed by atoms with Crippen LogP contribution in [0.15, 0.2) is 74.7 Å². The Morgan fingerprint density at radius 2 is 1.94 bits per heavy atom. The molecule has 4 rings (SSSR count). The Bertz CT molecular complexity index is 1350. The van der Waals surface area contributed by atoms with Crippen molar-refractivity contribution in [3.05, 3.63) is 92.1 Å². The number of halogens is 3. The van der Waals surface area contributed by atoms with E-state index in [1.54, 1.807) is 37.4 Å². The number of methoxy groups -OCH3 is 1. The van der Waals surface area contributed by atoms with Crippen molar-refractivity contribution >= 4 is 62.2 Å². The quantitative estimate of drug-likeness (QED) is 0.203. The first kappa shape index (κ1) is 23.2. The first-order valence-corrected chi connectivity index (χ1v) is 11.3. The van der Waals surface area contributed by atoms with Crippen LogP contribution < -0.4 is 14.9 Å². The molecule has 168 valence electrons. The molecule has 1 heterocycles. The zero-order chi connectivity index (χ0) is 23.4. The van der Waals surface area contributed by atoms with E-state index in [9.17, 15) is 4.79 Å². The van der Waals surface area contributed by atoms with E-state index in [0.29, 0.717) is 33.7 Å². The lowest BCUT2D eigenvalue weighted by Gasteiger charge is -2.09. The molecule has 0 spiro atoms.